The first-order valence-corrected chi connectivity index (χ1v) is 8.19. The predicted molar refractivity (Wildman–Crippen MR) is 91.8 cm³/mol. The lowest BCUT2D eigenvalue weighted by Crippen LogP contribution is -2.43. The maximum Gasteiger partial charge on any atom is 0.314 e. The number of fused-ring (bicyclic) bond motifs is 1. The quantitative estimate of drug-likeness (QED) is 0.676. The molecule has 1 aliphatic carbocycles. The molecule has 2 aromatic rings. The fraction of sp³-hybridized carbons (Fsp3) is 0.400. The fourth-order valence-corrected chi connectivity index (χ4v) is 3.71. The van der Waals surface area contributed by atoms with E-state index in [1.54, 1.807) is 13.0 Å². The van der Waals surface area contributed by atoms with E-state index in [0.29, 0.717) is 18.6 Å². The molecule has 1 fully saturated rings. The maximum atomic E-state index is 12.7. The van der Waals surface area contributed by atoms with Crippen LogP contribution >= 0.6 is 0 Å². The van der Waals surface area contributed by atoms with Gasteiger partial charge in [0.1, 0.15) is 5.75 Å². The van der Waals surface area contributed by atoms with Crippen LogP contribution in [0, 0.1) is 16.7 Å². The molecule has 1 aliphatic rings. The van der Waals surface area contributed by atoms with Crippen LogP contribution in [0.4, 0.5) is 0 Å². The molecular formula is C20H22O4. The van der Waals surface area contributed by atoms with Gasteiger partial charge in [-0.15, -0.1) is 0 Å². The number of rotatable bonds is 3. The highest BCUT2D eigenvalue weighted by Gasteiger charge is 2.58. The summed E-state index contributed by atoms with van der Waals surface area (Å²) in [5.74, 6) is -1.13. The van der Waals surface area contributed by atoms with Crippen molar-refractivity contribution in [3.63, 3.8) is 0 Å². The molecule has 0 unspecified atom stereocenters. The molecular weight excluding hydrogens is 304 g/mol. The molecule has 2 atom stereocenters. The molecule has 2 aromatic carbocycles. The van der Waals surface area contributed by atoms with Gasteiger partial charge in [-0.05, 0) is 48.1 Å². The second kappa shape index (κ2) is 5.62. The highest BCUT2D eigenvalue weighted by molar-refractivity contribution is 5.86. The maximum absolute atomic E-state index is 12.7. The van der Waals surface area contributed by atoms with Crippen molar-refractivity contribution < 1.29 is 19.4 Å². The van der Waals surface area contributed by atoms with Crippen LogP contribution in [-0.4, -0.2) is 17.0 Å². The number of aliphatic carboxylic acids is 1. The largest absolute Gasteiger partial charge is 0.481 e. The van der Waals surface area contributed by atoms with Gasteiger partial charge in [-0.2, -0.15) is 0 Å². The zero-order valence-corrected chi connectivity index (χ0v) is 14.2. The number of carbonyl (C=O) groups excluding carboxylic acids is 1. The first-order chi connectivity index (χ1) is 11.3. The summed E-state index contributed by atoms with van der Waals surface area (Å²) < 4.78 is 5.58. The highest BCUT2D eigenvalue weighted by Crippen LogP contribution is 2.56. The Morgan fingerprint density at radius 1 is 1.08 bits per heavy atom. The number of esters is 1. The number of benzene rings is 2. The van der Waals surface area contributed by atoms with Crippen molar-refractivity contribution in [3.05, 3.63) is 42.5 Å². The van der Waals surface area contributed by atoms with Crippen LogP contribution in [0.1, 0.15) is 33.6 Å². The van der Waals surface area contributed by atoms with Crippen LogP contribution in [-0.2, 0) is 9.59 Å². The molecule has 0 amide bonds. The van der Waals surface area contributed by atoms with Crippen LogP contribution < -0.4 is 4.74 Å². The van der Waals surface area contributed by atoms with E-state index in [9.17, 15) is 14.7 Å². The van der Waals surface area contributed by atoms with Crippen LogP contribution in [0.15, 0.2) is 42.5 Å². The Morgan fingerprint density at radius 3 is 2.38 bits per heavy atom. The summed E-state index contributed by atoms with van der Waals surface area (Å²) >= 11 is 0. The molecule has 0 radical (unpaired) electrons. The molecule has 4 heteroatoms. The Hall–Kier alpha value is -2.36. The summed E-state index contributed by atoms with van der Waals surface area (Å²) in [6.07, 6.45) is 1.01. The summed E-state index contributed by atoms with van der Waals surface area (Å²) in [7, 11) is 0. The van der Waals surface area contributed by atoms with Crippen molar-refractivity contribution in [2.45, 2.75) is 33.6 Å². The Balaban J connectivity index is 1.83. The molecule has 0 spiro atoms. The van der Waals surface area contributed by atoms with E-state index < -0.39 is 22.7 Å². The SMILES string of the molecule is CC1(C)[C@@H](C(=O)Oc2ccc3ccccc3c2)CC[C@@]1(C)C(=O)O. The van der Waals surface area contributed by atoms with Gasteiger partial charge >= 0.3 is 11.9 Å². The van der Waals surface area contributed by atoms with Gasteiger partial charge in [0.2, 0.25) is 0 Å². The molecule has 1 saturated carbocycles. The monoisotopic (exact) mass is 326 g/mol. The summed E-state index contributed by atoms with van der Waals surface area (Å²) in [5.41, 5.74) is -1.58. The lowest BCUT2D eigenvalue weighted by atomic mass is 9.66. The van der Waals surface area contributed by atoms with Crippen LogP contribution in [0.2, 0.25) is 0 Å². The van der Waals surface area contributed by atoms with Gasteiger partial charge in [0, 0.05) is 0 Å². The minimum Gasteiger partial charge on any atom is -0.481 e. The molecule has 24 heavy (non-hydrogen) atoms. The molecule has 1 N–H and O–H groups in total. The lowest BCUT2D eigenvalue weighted by molar-refractivity contribution is -0.157. The third-order valence-corrected chi connectivity index (χ3v) is 5.92. The van der Waals surface area contributed by atoms with Crippen molar-refractivity contribution in [1.82, 2.24) is 0 Å². The van der Waals surface area contributed by atoms with Gasteiger partial charge in [-0.25, -0.2) is 0 Å². The topological polar surface area (TPSA) is 63.6 Å². The van der Waals surface area contributed by atoms with E-state index in [-0.39, 0.29) is 5.97 Å². The summed E-state index contributed by atoms with van der Waals surface area (Å²) in [4.78, 5) is 24.3. The molecule has 3 rings (SSSR count). The first-order valence-electron chi connectivity index (χ1n) is 8.19. The molecule has 0 aliphatic heterocycles. The van der Waals surface area contributed by atoms with Crippen molar-refractivity contribution >= 4 is 22.7 Å². The number of carboxylic acid groups (broad SMARTS) is 1. The normalized spacial score (nSPS) is 25.5. The van der Waals surface area contributed by atoms with Gasteiger partial charge in [0.05, 0.1) is 11.3 Å². The lowest BCUT2D eigenvalue weighted by Gasteiger charge is -2.37. The van der Waals surface area contributed by atoms with E-state index in [1.165, 1.54) is 0 Å². The molecule has 0 aromatic heterocycles. The third kappa shape index (κ3) is 2.46. The van der Waals surface area contributed by atoms with Gasteiger partial charge in [-0.3, -0.25) is 9.59 Å². The zero-order valence-electron chi connectivity index (χ0n) is 14.2. The van der Waals surface area contributed by atoms with Crippen molar-refractivity contribution in [1.29, 1.82) is 0 Å². The van der Waals surface area contributed by atoms with Gasteiger partial charge < -0.3 is 9.84 Å². The average molecular weight is 326 g/mol. The second-order valence-electron chi connectivity index (χ2n) is 7.38. The Labute approximate surface area is 141 Å². The third-order valence-electron chi connectivity index (χ3n) is 5.92. The Bertz CT molecular complexity index is 808. The Morgan fingerprint density at radius 2 is 1.75 bits per heavy atom. The zero-order chi connectivity index (χ0) is 17.5. The van der Waals surface area contributed by atoms with Gasteiger partial charge in [-0.1, -0.05) is 44.2 Å². The number of hydrogen-bond donors (Lipinski definition) is 1. The minimum absolute atomic E-state index is 0.347. The van der Waals surface area contributed by atoms with E-state index in [1.807, 2.05) is 50.2 Å². The van der Waals surface area contributed by atoms with E-state index in [0.717, 1.165) is 10.8 Å². The van der Waals surface area contributed by atoms with E-state index >= 15 is 0 Å². The van der Waals surface area contributed by atoms with E-state index in [4.69, 9.17) is 4.74 Å². The molecule has 0 heterocycles. The predicted octanol–water partition coefficient (Wildman–Crippen LogP) is 4.27. The van der Waals surface area contributed by atoms with Crippen LogP contribution in [0.3, 0.4) is 0 Å². The average Bonchev–Trinajstić information content (AvgIpc) is 2.78. The van der Waals surface area contributed by atoms with Crippen molar-refractivity contribution in [3.8, 4) is 5.75 Å². The van der Waals surface area contributed by atoms with Gasteiger partial charge in [0.25, 0.3) is 0 Å². The summed E-state index contributed by atoms with van der Waals surface area (Å²) in [5, 5.41) is 11.6. The smallest absolute Gasteiger partial charge is 0.314 e. The summed E-state index contributed by atoms with van der Waals surface area (Å²) in [6.45, 7) is 5.42. The van der Waals surface area contributed by atoms with Crippen LogP contribution in [0.5, 0.6) is 5.75 Å². The van der Waals surface area contributed by atoms with Crippen molar-refractivity contribution in [2.24, 2.45) is 16.7 Å². The van der Waals surface area contributed by atoms with E-state index in [2.05, 4.69) is 0 Å². The number of carboxylic acids is 1. The van der Waals surface area contributed by atoms with Gasteiger partial charge in [0.15, 0.2) is 0 Å². The highest BCUT2D eigenvalue weighted by atomic mass is 16.5. The number of ether oxygens (including phenoxy) is 1. The Kier molecular flexibility index (Phi) is 3.86. The molecule has 4 nitrogen and oxygen atoms in total. The summed E-state index contributed by atoms with van der Waals surface area (Å²) in [6, 6.07) is 13.4. The van der Waals surface area contributed by atoms with Crippen molar-refractivity contribution in [2.75, 3.05) is 0 Å². The molecule has 0 bridgehead atoms. The number of hydrogen-bond acceptors (Lipinski definition) is 3. The minimum atomic E-state index is -0.917. The molecule has 0 saturated heterocycles. The standard InChI is InChI=1S/C20H22O4/c1-19(2)16(10-11-20(19,3)18(22)23)17(21)24-15-9-8-13-6-4-5-7-14(13)12-15/h4-9,12,16H,10-11H2,1-3H3,(H,22,23)/t16-,20+/m1/s1. The van der Waals surface area contributed by atoms with Crippen LogP contribution in [0.25, 0.3) is 10.8 Å². The first kappa shape index (κ1) is 16.5. The molecule has 126 valence electrons. The number of carbonyl (C=O) groups is 2. The second-order valence-corrected chi connectivity index (χ2v) is 7.38. The fourth-order valence-electron chi connectivity index (χ4n) is 3.71.